The predicted molar refractivity (Wildman–Crippen MR) is 62.9 cm³/mol. The van der Waals surface area contributed by atoms with Gasteiger partial charge in [0, 0.05) is 0 Å². The Balaban J connectivity index is 4.09. The maximum atomic E-state index is 11.2. The molecule has 2 N–H and O–H groups in total. The highest BCUT2D eigenvalue weighted by Crippen LogP contribution is 2.44. The van der Waals surface area contributed by atoms with Crippen LogP contribution in [0.25, 0.3) is 0 Å². The first kappa shape index (κ1) is 15.1. The van der Waals surface area contributed by atoms with Gasteiger partial charge < -0.3 is 9.79 Å². The molecule has 0 fully saturated rings. The Labute approximate surface area is 92.8 Å². The Morgan fingerprint density at radius 2 is 1.80 bits per heavy atom. The van der Waals surface area contributed by atoms with Gasteiger partial charge in [-0.2, -0.15) is 0 Å². The van der Waals surface area contributed by atoms with Gasteiger partial charge >= 0.3 is 7.60 Å². The highest BCUT2D eigenvalue weighted by molar-refractivity contribution is 7.52. The minimum absolute atomic E-state index is 0.592. The summed E-state index contributed by atoms with van der Waals surface area (Å²) < 4.78 is 11.2. The van der Waals surface area contributed by atoms with Crippen LogP contribution in [0.2, 0.25) is 0 Å². The van der Waals surface area contributed by atoms with E-state index >= 15 is 0 Å². The van der Waals surface area contributed by atoms with Gasteiger partial charge in [0.05, 0.1) is 0 Å². The maximum absolute atomic E-state index is 11.2. The van der Waals surface area contributed by atoms with Gasteiger partial charge in [0.15, 0.2) is 0 Å². The second-order valence-corrected chi connectivity index (χ2v) is 5.77. The molecule has 4 nitrogen and oxygen atoms in total. The molecule has 0 aliphatic carbocycles. The third-order valence-electron chi connectivity index (χ3n) is 2.71. The summed E-state index contributed by atoms with van der Waals surface area (Å²) in [5.41, 5.74) is 0. The summed E-state index contributed by atoms with van der Waals surface area (Å²) in [7, 11) is -2.20. The van der Waals surface area contributed by atoms with Gasteiger partial charge in [-0.1, -0.05) is 39.5 Å². The number of rotatable bonds is 8. The van der Waals surface area contributed by atoms with Crippen molar-refractivity contribution in [1.82, 2.24) is 4.90 Å². The van der Waals surface area contributed by atoms with Crippen LogP contribution in [-0.2, 0) is 4.57 Å². The summed E-state index contributed by atoms with van der Waals surface area (Å²) in [4.78, 5) is 20.2. The molecule has 0 saturated heterocycles. The van der Waals surface area contributed by atoms with Crippen molar-refractivity contribution in [3.63, 3.8) is 0 Å². The van der Waals surface area contributed by atoms with Crippen molar-refractivity contribution in [3.8, 4) is 0 Å². The fourth-order valence-corrected chi connectivity index (χ4v) is 2.81. The lowest BCUT2D eigenvalue weighted by Crippen LogP contribution is -2.31. The molecule has 15 heavy (non-hydrogen) atoms. The molecular weight excluding hydrogens is 213 g/mol. The number of hydrogen-bond acceptors (Lipinski definition) is 2. The van der Waals surface area contributed by atoms with E-state index in [0.717, 1.165) is 25.7 Å². The van der Waals surface area contributed by atoms with E-state index in [1.807, 2.05) is 6.92 Å². The molecule has 0 amide bonds. The fourth-order valence-electron chi connectivity index (χ4n) is 1.61. The molecule has 0 aromatic rings. The monoisotopic (exact) mass is 237 g/mol. The van der Waals surface area contributed by atoms with Crippen molar-refractivity contribution in [2.75, 3.05) is 13.6 Å². The van der Waals surface area contributed by atoms with Crippen LogP contribution in [0.4, 0.5) is 0 Å². The molecule has 0 spiro atoms. The van der Waals surface area contributed by atoms with Crippen molar-refractivity contribution < 1.29 is 14.4 Å². The summed E-state index contributed by atoms with van der Waals surface area (Å²) in [6.45, 7) is 4.71. The van der Waals surface area contributed by atoms with Gasteiger partial charge in [-0.3, -0.25) is 9.46 Å². The first-order valence-corrected chi connectivity index (χ1v) is 7.37. The lowest BCUT2D eigenvalue weighted by molar-refractivity contribution is 0.246. The third kappa shape index (κ3) is 6.31. The van der Waals surface area contributed by atoms with Crippen molar-refractivity contribution >= 4 is 7.60 Å². The Bertz CT molecular complexity index is 205. The molecule has 92 valence electrons. The molecule has 1 atom stereocenters. The second-order valence-electron chi connectivity index (χ2n) is 3.99. The predicted octanol–water partition coefficient (Wildman–Crippen LogP) is 2.41. The molecule has 0 heterocycles. The summed E-state index contributed by atoms with van der Waals surface area (Å²) in [6.07, 6.45) is 4.83. The molecule has 1 unspecified atom stereocenters. The van der Waals surface area contributed by atoms with Crippen molar-refractivity contribution in [3.05, 3.63) is 0 Å². The van der Waals surface area contributed by atoms with Crippen LogP contribution in [0, 0.1) is 0 Å². The van der Waals surface area contributed by atoms with Crippen LogP contribution < -0.4 is 0 Å². The van der Waals surface area contributed by atoms with Crippen molar-refractivity contribution in [1.29, 1.82) is 0 Å². The zero-order valence-electron chi connectivity index (χ0n) is 10.0. The van der Waals surface area contributed by atoms with Gasteiger partial charge in [0.1, 0.15) is 5.78 Å². The largest absolute Gasteiger partial charge is 0.342 e. The van der Waals surface area contributed by atoms with Crippen LogP contribution in [0.1, 0.15) is 46.0 Å². The topological polar surface area (TPSA) is 60.8 Å². The Hall–Kier alpha value is 0.110. The van der Waals surface area contributed by atoms with Gasteiger partial charge in [-0.15, -0.1) is 0 Å². The second kappa shape index (κ2) is 7.39. The lowest BCUT2D eigenvalue weighted by Gasteiger charge is -2.27. The normalized spacial score (nSPS) is 14.5. The number of unbranched alkanes of at least 4 members (excludes halogenated alkanes) is 3. The lowest BCUT2D eigenvalue weighted by atomic mass is 10.1. The zero-order valence-corrected chi connectivity index (χ0v) is 10.9. The van der Waals surface area contributed by atoms with Gasteiger partial charge in [0.2, 0.25) is 0 Å². The van der Waals surface area contributed by atoms with E-state index in [0.29, 0.717) is 13.0 Å². The smallest absolute Gasteiger partial charge is 0.323 e. The van der Waals surface area contributed by atoms with Crippen molar-refractivity contribution in [2.45, 2.75) is 51.7 Å². The minimum Gasteiger partial charge on any atom is -0.323 e. The van der Waals surface area contributed by atoms with Crippen LogP contribution >= 0.6 is 7.60 Å². The average Bonchev–Trinajstić information content (AvgIpc) is 2.15. The van der Waals surface area contributed by atoms with Crippen molar-refractivity contribution in [2.24, 2.45) is 0 Å². The van der Waals surface area contributed by atoms with Crippen LogP contribution in [-0.4, -0.2) is 34.1 Å². The van der Waals surface area contributed by atoms with Gasteiger partial charge in [-0.05, 0) is 20.0 Å². The quantitative estimate of drug-likeness (QED) is 0.502. The van der Waals surface area contributed by atoms with Gasteiger partial charge in [-0.25, -0.2) is 0 Å². The maximum Gasteiger partial charge on any atom is 0.342 e. The van der Waals surface area contributed by atoms with Crippen LogP contribution in [0.5, 0.6) is 0 Å². The SMILES string of the molecule is CCCCCCC(N(C)CC)P(=O)(O)O. The highest BCUT2D eigenvalue weighted by atomic mass is 31.2. The molecule has 0 aliphatic heterocycles. The number of hydrogen-bond donors (Lipinski definition) is 2. The van der Waals surface area contributed by atoms with Crippen LogP contribution in [0.15, 0.2) is 0 Å². The van der Waals surface area contributed by atoms with E-state index in [2.05, 4.69) is 6.92 Å². The summed E-state index contributed by atoms with van der Waals surface area (Å²) in [6, 6.07) is 0. The molecule has 0 aliphatic rings. The Morgan fingerprint density at radius 3 is 2.20 bits per heavy atom. The standard InChI is InChI=1S/C10H24NO3P/c1-4-6-7-8-9-10(11(3)5-2)15(12,13)14/h10H,4-9H2,1-3H3,(H2,12,13,14). The average molecular weight is 237 g/mol. The molecule has 0 aromatic carbocycles. The fraction of sp³-hybridized carbons (Fsp3) is 1.00. The Kier molecular flexibility index (Phi) is 7.45. The van der Waals surface area contributed by atoms with E-state index in [1.165, 1.54) is 0 Å². The zero-order chi connectivity index (χ0) is 11.9. The molecule has 5 heteroatoms. The van der Waals surface area contributed by atoms with E-state index in [9.17, 15) is 14.4 Å². The first-order valence-electron chi connectivity index (χ1n) is 5.68. The van der Waals surface area contributed by atoms with E-state index in [4.69, 9.17) is 0 Å². The third-order valence-corrected chi connectivity index (χ3v) is 4.14. The molecule has 0 rings (SSSR count). The molecule has 0 bridgehead atoms. The number of nitrogens with zero attached hydrogens (tertiary/aromatic N) is 1. The summed E-state index contributed by atoms with van der Waals surface area (Å²) in [5.74, 6) is -0.598. The van der Waals surface area contributed by atoms with E-state index < -0.39 is 13.4 Å². The molecule has 0 aromatic heterocycles. The summed E-state index contributed by atoms with van der Waals surface area (Å²) >= 11 is 0. The summed E-state index contributed by atoms with van der Waals surface area (Å²) in [5, 5.41) is 0. The molecule has 0 radical (unpaired) electrons. The highest BCUT2D eigenvalue weighted by Gasteiger charge is 2.30. The van der Waals surface area contributed by atoms with Gasteiger partial charge in [0.25, 0.3) is 0 Å². The Morgan fingerprint density at radius 1 is 1.20 bits per heavy atom. The first-order chi connectivity index (χ1) is 6.93. The van der Waals surface area contributed by atoms with Crippen LogP contribution in [0.3, 0.4) is 0 Å². The molecule has 0 saturated carbocycles. The minimum atomic E-state index is -3.97. The molecular formula is C10H24NO3P. The van der Waals surface area contributed by atoms with E-state index in [-0.39, 0.29) is 0 Å². The van der Waals surface area contributed by atoms with E-state index in [1.54, 1.807) is 11.9 Å².